The highest BCUT2D eigenvalue weighted by molar-refractivity contribution is 5.83. The van der Waals surface area contributed by atoms with E-state index in [1.54, 1.807) is 19.0 Å². The smallest absolute Gasteiger partial charge is 0.416 e. The molecule has 0 spiro atoms. The van der Waals surface area contributed by atoms with Crippen LogP contribution in [-0.2, 0) is 22.3 Å². The molecule has 2 aromatic rings. The van der Waals surface area contributed by atoms with Crippen molar-refractivity contribution in [2.45, 2.75) is 18.8 Å². The van der Waals surface area contributed by atoms with Gasteiger partial charge in [-0.15, -0.1) is 0 Å². The van der Waals surface area contributed by atoms with E-state index in [9.17, 15) is 22.4 Å². The number of carbonyl (C=O) groups is 2. The Hall–Kier alpha value is -2.94. The molecule has 0 aliphatic carbocycles. The van der Waals surface area contributed by atoms with Crippen molar-refractivity contribution in [3.8, 4) is 0 Å². The summed E-state index contributed by atoms with van der Waals surface area (Å²) in [5.74, 6) is -0.720. The Balaban J connectivity index is 0.00000122. The van der Waals surface area contributed by atoms with Crippen molar-refractivity contribution in [1.82, 2.24) is 10.2 Å². The minimum atomic E-state index is -4.39. The summed E-state index contributed by atoms with van der Waals surface area (Å²) >= 11 is 0. The first-order chi connectivity index (χ1) is 13.1. The topological polar surface area (TPSA) is 69.6 Å². The molecule has 5 nitrogen and oxygen atoms in total. The van der Waals surface area contributed by atoms with E-state index in [4.69, 9.17) is 9.90 Å². The van der Waals surface area contributed by atoms with Gasteiger partial charge in [0, 0.05) is 6.54 Å². The highest BCUT2D eigenvalue weighted by atomic mass is 19.4. The van der Waals surface area contributed by atoms with E-state index in [-0.39, 0.29) is 18.9 Å². The summed E-state index contributed by atoms with van der Waals surface area (Å²) in [4.78, 5) is 22.5. The largest absolute Gasteiger partial charge is 0.483 e. The Bertz CT molecular complexity index is 760. The zero-order valence-electron chi connectivity index (χ0n) is 15.2. The number of nitrogens with one attached hydrogen (secondary N) is 1. The number of hydrogen-bond acceptors (Lipinski definition) is 3. The second kappa shape index (κ2) is 10.4. The summed E-state index contributed by atoms with van der Waals surface area (Å²) in [6.07, 6.45) is -4.39. The van der Waals surface area contributed by atoms with Crippen LogP contribution in [-0.4, -0.2) is 36.5 Å². The molecule has 0 saturated carbocycles. The molecule has 0 aromatic heterocycles. The zero-order chi connectivity index (χ0) is 21.3. The highest BCUT2D eigenvalue weighted by Crippen LogP contribution is 2.29. The van der Waals surface area contributed by atoms with Gasteiger partial charge in [0.15, 0.2) is 0 Å². The molecule has 0 aliphatic rings. The fraction of sp³-hybridized carbons (Fsp3) is 0.263. The molecule has 9 heteroatoms. The van der Waals surface area contributed by atoms with Crippen LogP contribution in [0.25, 0.3) is 0 Å². The molecule has 0 heterocycles. The Morgan fingerprint density at radius 1 is 1.11 bits per heavy atom. The Labute approximate surface area is 159 Å². The zero-order valence-corrected chi connectivity index (χ0v) is 15.2. The fourth-order valence-corrected chi connectivity index (χ4v) is 2.43. The highest BCUT2D eigenvalue weighted by Gasteiger charge is 2.30. The second-order valence-corrected chi connectivity index (χ2v) is 5.94. The number of amides is 1. The van der Waals surface area contributed by atoms with Crippen LogP contribution in [0.15, 0.2) is 48.5 Å². The monoisotopic (exact) mass is 400 g/mol. The van der Waals surface area contributed by atoms with Crippen LogP contribution in [0.1, 0.15) is 22.7 Å². The molecule has 0 bridgehead atoms. The average Bonchev–Trinajstić information content (AvgIpc) is 2.62. The van der Waals surface area contributed by atoms with E-state index in [0.717, 1.165) is 12.1 Å². The van der Waals surface area contributed by atoms with E-state index in [1.807, 2.05) is 0 Å². The first-order valence-corrected chi connectivity index (χ1v) is 8.03. The quantitative estimate of drug-likeness (QED) is 0.596. The first-order valence-electron chi connectivity index (χ1n) is 8.03. The number of carbonyl (C=O) groups excluding carboxylic acids is 1. The number of halogens is 4. The predicted molar refractivity (Wildman–Crippen MR) is 94.8 cm³/mol. The normalized spacial score (nSPS) is 12.0. The first kappa shape index (κ1) is 23.1. The van der Waals surface area contributed by atoms with Gasteiger partial charge in [-0.25, -0.2) is 4.39 Å². The lowest BCUT2D eigenvalue weighted by Gasteiger charge is -2.24. The maximum absolute atomic E-state index is 13.0. The Morgan fingerprint density at radius 3 is 2.04 bits per heavy atom. The number of carboxylic acid groups (broad SMARTS) is 1. The lowest BCUT2D eigenvalue weighted by Crippen LogP contribution is -2.36. The van der Waals surface area contributed by atoms with Crippen LogP contribution in [0.5, 0.6) is 0 Å². The summed E-state index contributed by atoms with van der Waals surface area (Å²) in [5, 5.41) is 9.58. The third-order valence-corrected chi connectivity index (χ3v) is 3.70. The number of likely N-dealkylation sites (N-methyl/N-ethyl adjacent to an activating group) is 1. The van der Waals surface area contributed by atoms with Crippen molar-refractivity contribution in [2.75, 3.05) is 14.1 Å². The molecular weight excluding hydrogens is 380 g/mol. The van der Waals surface area contributed by atoms with Gasteiger partial charge in [0.2, 0.25) is 5.91 Å². The third-order valence-electron chi connectivity index (χ3n) is 3.70. The van der Waals surface area contributed by atoms with E-state index >= 15 is 0 Å². The van der Waals surface area contributed by atoms with Gasteiger partial charge in [0.1, 0.15) is 11.9 Å². The molecule has 2 rings (SSSR count). The molecule has 1 atom stereocenters. The summed E-state index contributed by atoms with van der Waals surface area (Å²) < 4.78 is 50.7. The number of rotatable bonds is 5. The summed E-state index contributed by atoms with van der Waals surface area (Å²) in [5.41, 5.74) is 0.439. The Morgan fingerprint density at radius 2 is 1.61 bits per heavy atom. The molecule has 0 radical (unpaired) electrons. The fourth-order valence-electron chi connectivity index (χ4n) is 2.43. The molecule has 0 fully saturated rings. The van der Waals surface area contributed by atoms with E-state index in [1.165, 1.54) is 36.4 Å². The molecule has 0 aliphatic heterocycles. The molecular formula is C19H20F4N2O3. The molecule has 2 N–H and O–H groups in total. The van der Waals surface area contributed by atoms with Crippen LogP contribution in [0, 0.1) is 5.82 Å². The van der Waals surface area contributed by atoms with Crippen LogP contribution in [0.2, 0.25) is 0 Å². The third kappa shape index (κ3) is 6.99. The molecule has 1 unspecified atom stereocenters. The van der Waals surface area contributed by atoms with Crippen LogP contribution in [0.3, 0.4) is 0 Å². The van der Waals surface area contributed by atoms with Gasteiger partial charge in [-0.2, -0.15) is 13.2 Å². The van der Waals surface area contributed by atoms with Crippen molar-refractivity contribution in [3.63, 3.8) is 0 Å². The maximum Gasteiger partial charge on any atom is 0.416 e. The number of benzene rings is 2. The standard InChI is InChI=1S/C18H18F4N2O.CH2O2/c1-24(2)16(13-5-9-15(19)10-6-13)17(25)23-11-12-3-7-14(8-4-12)18(20,21)22;2-1-3/h3-10,16H,11H2,1-2H3,(H,23,25);1H,(H,2,3). The van der Waals surface area contributed by atoms with E-state index in [0.29, 0.717) is 11.1 Å². The maximum atomic E-state index is 13.0. The van der Waals surface area contributed by atoms with Crippen molar-refractivity contribution >= 4 is 12.4 Å². The Kier molecular flexibility index (Phi) is 8.59. The van der Waals surface area contributed by atoms with Gasteiger partial charge in [0.05, 0.1) is 5.56 Å². The van der Waals surface area contributed by atoms with Crippen LogP contribution < -0.4 is 5.32 Å². The predicted octanol–water partition coefficient (Wildman–Crippen LogP) is 3.46. The van der Waals surface area contributed by atoms with Gasteiger partial charge in [-0.05, 0) is 49.5 Å². The van der Waals surface area contributed by atoms with Crippen molar-refractivity contribution in [1.29, 1.82) is 0 Å². The summed E-state index contributed by atoms with van der Waals surface area (Å²) in [7, 11) is 3.43. The van der Waals surface area contributed by atoms with Crippen molar-refractivity contribution in [2.24, 2.45) is 0 Å². The molecule has 1 amide bonds. The summed E-state index contributed by atoms with van der Waals surface area (Å²) in [6, 6.07) is 9.57. The van der Waals surface area contributed by atoms with Gasteiger partial charge in [-0.3, -0.25) is 14.5 Å². The molecule has 0 saturated heterocycles. The lowest BCUT2D eigenvalue weighted by atomic mass is 10.0. The van der Waals surface area contributed by atoms with Gasteiger partial charge >= 0.3 is 6.18 Å². The van der Waals surface area contributed by atoms with Gasteiger partial charge in [0.25, 0.3) is 6.47 Å². The van der Waals surface area contributed by atoms with Crippen LogP contribution >= 0.6 is 0 Å². The molecule has 2 aromatic carbocycles. The van der Waals surface area contributed by atoms with Crippen LogP contribution in [0.4, 0.5) is 17.6 Å². The van der Waals surface area contributed by atoms with E-state index in [2.05, 4.69) is 5.32 Å². The van der Waals surface area contributed by atoms with Gasteiger partial charge < -0.3 is 10.4 Å². The second-order valence-electron chi connectivity index (χ2n) is 5.94. The van der Waals surface area contributed by atoms with Crippen molar-refractivity contribution < 1.29 is 32.3 Å². The number of nitrogens with zero attached hydrogens (tertiary/aromatic N) is 1. The van der Waals surface area contributed by atoms with E-state index < -0.39 is 23.6 Å². The minimum Gasteiger partial charge on any atom is -0.483 e. The minimum absolute atomic E-state index is 0.0997. The molecule has 28 heavy (non-hydrogen) atoms. The average molecular weight is 400 g/mol. The van der Waals surface area contributed by atoms with Crippen molar-refractivity contribution in [3.05, 3.63) is 71.0 Å². The lowest BCUT2D eigenvalue weighted by molar-refractivity contribution is -0.137. The SMILES string of the molecule is CN(C)C(C(=O)NCc1ccc(C(F)(F)F)cc1)c1ccc(F)cc1.O=CO. The number of alkyl halides is 3. The summed E-state index contributed by atoms with van der Waals surface area (Å²) in [6.45, 7) is -0.150. The molecule has 152 valence electrons. The number of hydrogen-bond donors (Lipinski definition) is 2. The van der Waals surface area contributed by atoms with Gasteiger partial charge in [-0.1, -0.05) is 24.3 Å².